The molecule has 9 nitrogen and oxygen atoms in total. The van der Waals surface area contributed by atoms with E-state index < -0.39 is 11.2 Å². The Morgan fingerprint density at radius 3 is 0.457 bits per heavy atom. The Kier molecular flexibility index (Phi) is 79.3. The number of aliphatic hydroxyl groups is 5. The van der Waals surface area contributed by atoms with Crippen molar-refractivity contribution in [3.05, 3.63) is 145 Å². The SMILES string of the molecule is CC(C)O.CC1=C(C)C(C)C(C)C(C)=C1C.CC1=C(C)C(C)[C@@H](C)C(C)=C1C.CC1=C(C)C(C)[C@@H](C)C(C)=C1C.CNC(C)(C)C(C)(C)O.CNC(C)(C)C(C)(C)O.CNC(C)(C)CO.CNC(C)(C)CO.Cc1c(C)c(C)c(C)c(C)c1C.[CH3-].[CH3-].[CH3-].[CH3-].[CH3-].[CH3-].[Ru+3].[Ru+3].[RuH+2].[RuH+2]. The number of aliphatic hydroxyl groups excluding tert-OH is 3. The second kappa shape index (κ2) is 57.3. The molecule has 0 bridgehead atoms. The quantitative estimate of drug-likeness (QED) is 0.0916. The molecule has 4 unspecified atom stereocenters. The molecule has 6 atom stereocenters. The van der Waals surface area contributed by atoms with Crippen LogP contribution in [0.25, 0.3) is 0 Å². The van der Waals surface area contributed by atoms with Crippen LogP contribution in [0.4, 0.5) is 0 Å². The van der Waals surface area contributed by atoms with Gasteiger partial charge in [-0.2, -0.15) is 0 Å². The van der Waals surface area contributed by atoms with E-state index in [1.54, 1.807) is 75.0 Å². The van der Waals surface area contributed by atoms with Crippen LogP contribution in [-0.2, 0) is 77.9 Å². The van der Waals surface area contributed by atoms with E-state index in [-0.39, 0.29) is 164 Å². The van der Waals surface area contributed by atoms with Crippen LogP contribution in [0, 0.1) is 122 Å². The summed E-state index contributed by atoms with van der Waals surface area (Å²) in [6.07, 6.45) is -0.167. The van der Waals surface area contributed by atoms with E-state index in [1.807, 2.05) is 83.6 Å². The molecule has 94 heavy (non-hydrogen) atoms. The second-order valence-electron chi connectivity index (χ2n) is 28.9. The average Bonchev–Trinajstić information content (AvgIpc) is 3.43. The molecule has 13 heteroatoms. The van der Waals surface area contributed by atoms with Crippen LogP contribution in [-0.4, -0.2) is 106 Å². The van der Waals surface area contributed by atoms with Gasteiger partial charge in [-0.3, -0.25) is 0 Å². The van der Waals surface area contributed by atoms with Gasteiger partial charge in [-0.15, -0.1) is 0 Å². The van der Waals surface area contributed by atoms with Crippen molar-refractivity contribution in [2.24, 2.45) is 35.5 Å². The van der Waals surface area contributed by atoms with E-state index in [1.165, 1.54) is 66.8 Å². The molecule has 1 aromatic rings. The van der Waals surface area contributed by atoms with E-state index in [2.05, 4.69) is 187 Å². The van der Waals surface area contributed by atoms with Gasteiger partial charge >= 0.3 is 77.9 Å². The first-order valence-electron chi connectivity index (χ1n) is 31.6. The molecule has 1 aromatic carbocycles. The number of rotatable bonds is 8. The molecule has 0 amide bonds. The average molecular weight is 1680 g/mol. The Morgan fingerprint density at radius 1 is 0.309 bits per heavy atom. The zero-order valence-electron chi connectivity index (χ0n) is 71.2. The summed E-state index contributed by atoms with van der Waals surface area (Å²) in [7, 11) is 7.35. The van der Waals surface area contributed by atoms with Crippen molar-refractivity contribution >= 4 is 0 Å². The van der Waals surface area contributed by atoms with E-state index >= 15 is 0 Å². The van der Waals surface area contributed by atoms with Gasteiger partial charge in [0, 0.05) is 28.3 Å². The fourth-order valence-electron chi connectivity index (χ4n) is 8.53. The predicted molar refractivity (Wildman–Crippen MR) is 418 cm³/mol. The molecule has 4 rings (SSSR count). The molecule has 0 fully saturated rings. The van der Waals surface area contributed by atoms with Gasteiger partial charge in [-0.25, -0.2) is 0 Å². The number of allylic oxidation sites excluding steroid dienone is 12. The fraction of sp³-hybridized carbons (Fsp3) is 0.704. The van der Waals surface area contributed by atoms with Crippen molar-refractivity contribution in [3.8, 4) is 0 Å². The standard InChI is InChI=1S/3C12H20.C12H18.2C7H17NO.2C5H13NO.C3H8O.6CH3.4Ru.2H/c4*1-7-8(2)10(4)12(6)11(5)9(7)3;2*1-6(2,8-5)7(3,4)9;2*1-5(2,4-7)6-3;1-3(2)4;;;;;;;;;;;;/h3*7-8H,1-6H3;1-6H3;2*8-9H,1-5H3;2*6-7H,4H2,1-3H3;3-4H,1-2H3;6*1H3;;;;;;/q;;;;;;;;;6*-1;2*+2;2*+3;;/t2*7-,8?;;;;;;;;;;;;;;;;;;;/m11.................../s1. The zero-order chi connectivity index (χ0) is 68.7. The molecule has 568 valence electrons. The first-order chi connectivity index (χ1) is 37.5. The maximum absolute atomic E-state index is 9.48. The fourth-order valence-corrected chi connectivity index (χ4v) is 8.53. The van der Waals surface area contributed by atoms with Gasteiger partial charge in [0.05, 0.1) is 24.4 Å². The van der Waals surface area contributed by atoms with E-state index in [0.717, 1.165) is 35.5 Å². The van der Waals surface area contributed by atoms with Crippen LogP contribution >= 0.6 is 0 Å². The topological polar surface area (TPSA) is 149 Å². The summed E-state index contributed by atoms with van der Waals surface area (Å²) >= 11 is 0. The number of benzene rings is 1. The monoisotopic (exact) mass is 1680 g/mol. The Balaban J connectivity index is -0.0000000574. The number of likely N-dealkylation sites (N-methyl/N-ethyl adjacent to an activating group) is 4. The van der Waals surface area contributed by atoms with E-state index in [9.17, 15) is 10.2 Å². The third-order valence-electron chi connectivity index (χ3n) is 21.4. The molecule has 0 heterocycles. The molecule has 0 aromatic heterocycles. The van der Waals surface area contributed by atoms with Crippen LogP contribution in [0.3, 0.4) is 0 Å². The van der Waals surface area contributed by atoms with Crippen molar-refractivity contribution in [1.29, 1.82) is 0 Å². The van der Waals surface area contributed by atoms with Gasteiger partial charge in [0.1, 0.15) is 0 Å². The first-order valence-corrected chi connectivity index (χ1v) is 31.6. The summed E-state index contributed by atoms with van der Waals surface area (Å²) < 4.78 is 0. The Labute approximate surface area is 643 Å². The molecular weight excluding hydrogens is 1510 g/mol. The summed E-state index contributed by atoms with van der Waals surface area (Å²) in [5.74, 6) is 4.38. The normalized spacial score (nSPS) is 18.3. The molecule has 3 aliphatic rings. The Morgan fingerprint density at radius 2 is 0.415 bits per heavy atom. The van der Waals surface area contributed by atoms with Gasteiger partial charge < -0.3 is 91.4 Å². The van der Waals surface area contributed by atoms with E-state index in [0.29, 0.717) is 0 Å². The van der Waals surface area contributed by atoms with Crippen LogP contribution < -0.4 is 21.3 Å². The molecule has 3 aliphatic carbocycles. The van der Waals surface area contributed by atoms with Crippen LogP contribution in [0.2, 0.25) is 0 Å². The maximum atomic E-state index is 9.48. The number of hydrogen-bond donors (Lipinski definition) is 9. The molecule has 0 saturated carbocycles. The number of hydrogen-bond acceptors (Lipinski definition) is 9. The molecule has 2 radical (unpaired) electrons. The van der Waals surface area contributed by atoms with Crippen molar-refractivity contribution in [2.75, 3.05) is 41.4 Å². The van der Waals surface area contributed by atoms with Gasteiger partial charge in [-0.05, 0) is 352 Å². The second-order valence-corrected chi connectivity index (χ2v) is 28.9. The summed E-state index contributed by atoms with van der Waals surface area (Å²) in [6, 6.07) is 0. The minimum atomic E-state index is -0.665. The first kappa shape index (κ1) is 130. The van der Waals surface area contributed by atoms with Crippen LogP contribution in [0.5, 0.6) is 0 Å². The van der Waals surface area contributed by atoms with Crippen molar-refractivity contribution in [3.63, 3.8) is 0 Å². The number of nitrogens with one attached hydrogen (secondary N) is 4. The van der Waals surface area contributed by atoms with Crippen molar-refractivity contribution in [1.82, 2.24) is 21.3 Å². The van der Waals surface area contributed by atoms with Crippen molar-refractivity contribution < 1.29 is 103 Å². The summed E-state index contributed by atoms with van der Waals surface area (Å²) in [6.45, 7) is 81.0. The van der Waals surface area contributed by atoms with Gasteiger partial charge in [0.2, 0.25) is 0 Å². The minimum absolute atomic E-state index is 0. The van der Waals surface area contributed by atoms with Crippen molar-refractivity contribution in [2.45, 2.75) is 303 Å². The molecule has 0 aliphatic heterocycles. The van der Waals surface area contributed by atoms with Crippen LogP contribution in [0.1, 0.15) is 255 Å². The van der Waals surface area contributed by atoms with Crippen LogP contribution in [0.15, 0.2) is 66.9 Å². The van der Waals surface area contributed by atoms with E-state index in [4.69, 9.17) is 15.3 Å². The molecule has 9 N–H and O–H groups in total. The van der Waals surface area contributed by atoms with Gasteiger partial charge in [0.15, 0.2) is 0 Å². The summed E-state index contributed by atoms with van der Waals surface area (Å²) in [5, 5.41) is 56.0. The molecule has 0 spiro atoms. The van der Waals surface area contributed by atoms with Gasteiger partial charge in [0.25, 0.3) is 0 Å². The third kappa shape index (κ3) is 43.6. The predicted octanol–water partition coefficient (Wildman–Crippen LogP) is 19.4. The Hall–Kier alpha value is -0.206. The molecular formula is C81H166N4O5Ru4+4. The summed E-state index contributed by atoms with van der Waals surface area (Å²) in [5.41, 5.74) is 25.3. The summed E-state index contributed by atoms with van der Waals surface area (Å²) in [4.78, 5) is 0. The van der Waals surface area contributed by atoms with Gasteiger partial charge in [-0.1, -0.05) is 75.0 Å². The third-order valence-corrected chi connectivity index (χ3v) is 21.4. The zero-order valence-corrected chi connectivity index (χ0v) is 78.3. The Bertz CT molecular complexity index is 1980. The molecule has 0 saturated heterocycles.